The molecule has 50 valence electrons. The average Bonchev–Trinajstić information content (AvgIpc) is 1.88. The molecule has 0 aromatic rings. The van der Waals surface area contributed by atoms with Crippen molar-refractivity contribution in [1.29, 1.82) is 0 Å². The first-order valence-electron chi connectivity index (χ1n) is 2.81. The Bertz CT molecular complexity index is 24.0. The Morgan fingerprint density at radius 1 is 1.50 bits per heavy atom. The standard InChI is InChI=1S/C4H9.2Al.2Fe.3H/c1-3-4-2;;;;;;;/h1,3-4H2,2H3;;;;;;;. The second kappa shape index (κ2) is 16.0. The van der Waals surface area contributed by atoms with Crippen molar-refractivity contribution in [2.45, 2.75) is 25.0 Å². The molecule has 4 heteroatoms. The SMILES string of the molecule is CCC[CH2][AlH][Fe].[AlH2][Fe]. The number of unbranched alkanes of at least 4 members (excludes halogenated alkanes) is 1. The Morgan fingerprint density at radius 3 is 2.12 bits per heavy atom. The second-order valence-corrected chi connectivity index (χ2v) is 4.10. The van der Waals surface area contributed by atoms with E-state index in [-0.39, 0.29) is 13.4 Å². The second-order valence-electron chi connectivity index (χ2n) is 1.38. The summed E-state index contributed by atoms with van der Waals surface area (Å²) in [7, 11) is 0. The summed E-state index contributed by atoms with van der Waals surface area (Å²) in [6, 6.07) is 0. The van der Waals surface area contributed by atoms with E-state index >= 15 is 0 Å². The molecule has 0 amide bonds. The molecule has 0 bridgehead atoms. The van der Waals surface area contributed by atoms with E-state index in [2.05, 4.69) is 35.2 Å². The molecule has 0 heterocycles. The van der Waals surface area contributed by atoms with Crippen molar-refractivity contribution >= 4 is 27.8 Å². The molecule has 0 fully saturated rings. The van der Waals surface area contributed by atoms with Crippen LogP contribution >= 0.6 is 0 Å². The van der Waals surface area contributed by atoms with Gasteiger partial charge in [0, 0.05) is 0 Å². The zero-order valence-corrected chi connectivity index (χ0v) is 11.2. The van der Waals surface area contributed by atoms with E-state index in [0.717, 1.165) is 14.4 Å². The van der Waals surface area contributed by atoms with Crippen LogP contribution in [0.4, 0.5) is 0 Å². The third kappa shape index (κ3) is 15.7. The summed E-state index contributed by atoms with van der Waals surface area (Å²) in [5, 5.41) is 1.44. The van der Waals surface area contributed by atoms with E-state index in [4.69, 9.17) is 0 Å². The van der Waals surface area contributed by atoms with E-state index in [9.17, 15) is 0 Å². The Morgan fingerprint density at radius 2 is 2.00 bits per heavy atom. The molecular weight excluding hydrogens is 214 g/mol. The van der Waals surface area contributed by atoms with Gasteiger partial charge in [0.25, 0.3) is 0 Å². The molecule has 0 aromatic heterocycles. The van der Waals surface area contributed by atoms with Crippen molar-refractivity contribution in [3.05, 3.63) is 0 Å². The van der Waals surface area contributed by atoms with Gasteiger partial charge in [-0.15, -0.1) is 0 Å². The van der Waals surface area contributed by atoms with Gasteiger partial charge >= 0.3 is 81.1 Å². The third-order valence-corrected chi connectivity index (χ3v) is 2.65. The van der Waals surface area contributed by atoms with E-state index in [1.165, 1.54) is 18.1 Å². The van der Waals surface area contributed by atoms with Gasteiger partial charge < -0.3 is 0 Å². The first-order valence-corrected chi connectivity index (χ1v) is 10.7. The van der Waals surface area contributed by atoms with Crippen LogP contribution in [0.3, 0.4) is 0 Å². The normalized spacial score (nSPS) is 6.88. The van der Waals surface area contributed by atoms with Crippen LogP contribution < -0.4 is 0 Å². The number of rotatable bonds is 3. The fourth-order valence-electron chi connectivity index (χ4n) is 0.338. The van der Waals surface area contributed by atoms with Crippen molar-refractivity contribution in [2.24, 2.45) is 0 Å². The van der Waals surface area contributed by atoms with Crippen LogP contribution in [0.1, 0.15) is 19.8 Å². The van der Waals surface area contributed by atoms with Crippen LogP contribution in [0.2, 0.25) is 5.28 Å². The molecule has 8 heavy (non-hydrogen) atoms. The van der Waals surface area contributed by atoms with E-state index < -0.39 is 0 Å². The summed E-state index contributed by atoms with van der Waals surface area (Å²) < 4.78 is 0. The first-order chi connectivity index (χ1) is 3.91. The van der Waals surface area contributed by atoms with E-state index in [1.54, 1.807) is 0 Å². The van der Waals surface area contributed by atoms with Gasteiger partial charge in [0.1, 0.15) is 0 Å². The molecule has 0 nitrogen and oxygen atoms in total. The quantitative estimate of drug-likeness (QED) is 0.475. The van der Waals surface area contributed by atoms with Crippen molar-refractivity contribution in [2.75, 3.05) is 0 Å². The molecule has 0 rings (SSSR count). The maximum atomic E-state index is 3.86. The number of hydrogen-bond donors (Lipinski definition) is 0. The Balaban J connectivity index is 0. The zero-order chi connectivity index (χ0) is 6.83. The molecule has 0 spiro atoms. The van der Waals surface area contributed by atoms with Crippen molar-refractivity contribution in [1.82, 2.24) is 0 Å². The van der Waals surface area contributed by atoms with Crippen molar-refractivity contribution in [3.63, 3.8) is 0 Å². The summed E-state index contributed by atoms with van der Waals surface area (Å²) in [4.78, 5) is 0. The molecular formula is C4H12Al2Fe2. The molecule has 0 aliphatic carbocycles. The molecule has 0 radical (unpaired) electrons. The fourth-order valence-corrected chi connectivity index (χ4v) is 1.84. The van der Waals surface area contributed by atoms with Gasteiger partial charge in [-0.25, -0.2) is 0 Å². The Kier molecular flexibility index (Phi) is 25.6. The van der Waals surface area contributed by atoms with Crippen molar-refractivity contribution in [3.8, 4) is 0 Å². The van der Waals surface area contributed by atoms with E-state index in [1.807, 2.05) is 0 Å². The molecule has 0 aliphatic rings. The van der Waals surface area contributed by atoms with Crippen LogP contribution in [0.25, 0.3) is 0 Å². The average molecular weight is 226 g/mol. The minimum atomic E-state index is 0.153. The maximum absolute atomic E-state index is 3.86. The topological polar surface area (TPSA) is 0 Å². The fraction of sp³-hybridized carbons (Fsp3) is 1.00. The summed E-state index contributed by atoms with van der Waals surface area (Å²) in [6.45, 7) is 2.23. The van der Waals surface area contributed by atoms with Crippen LogP contribution in [-0.2, 0) is 28.3 Å². The van der Waals surface area contributed by atoms with Gasteiger partial charge in [-0.1, -0.05) is 0 Å². The third-order valence-electron chi connectivity index (χ3n) is 0.729. The Labute approximate surface area is 80.3 Å². The van der Waals surface area contributed by atoms with Crippen molar-refractivity contribution < 1.29 is 28.3 Å². The number of hydrogen-bond acceptors (Lipinski definition) is 0. The van der Waals surface area contributed by atoms with Gasteiger partial charge in [-0.3, -0.25) is 0 Å². The molecule has 0 aliphatic heterocycles. The predicted octanol–water partition coefficient (Wildman–Crippen LogP) is 0.184. The molecule has 0 saturated heterocycles. The minimum absolute atomic E-state index is 0.153. The van der Waals surface area contributed by atoms with Gasteiger partial charge in [0.15, 0.2) is 0 Å². The predicted molar refractivity (Wildman–Crippen MR) is 35.4 cm³/mol. The van der Waals surface area contributed by atoms with Crippen LogP contribution in [0.15, 0.2) is 0 Å². The molecule has 0 atom stereocenters. The van der Waals surface area contributed by atoms with E-state index in [0.29, 0.717) is 0 Å². The Hall–Kier alpha value is 2.10. The summed E-state index contributed by atoms with van der Waals surface area (Å²) in [6.07, 6.45) is 2.76. The molecule has 0 N–H and O–H groups in total. The van der Waals surface area contributed by atoms with Gasteiger partial charge in [0.05, 0.1) is 0 Å². The van der Waals surface area contributed by atoms with Crippen LogP contribution in [0.5, 0.6) is 0 Å². The summed E-state index contributed by atoms with van der Waals surface area (Å²) >= 11 is 8.46. The zero-order valence-electron chi connectivity index (χ0n) is 5.54. The monoisotopic (exact) mass is 226 g/mol. The summed E-state index contributed by atoms with van der Waals surface area (Å²) in [5.74, 6) is 0. The van der Waals surface area contributed by atoms with Gasteiger partial charge in [0.2, 0.25) is 0 Å². The molecule has 0 aromatic carbocycles. The molecule has 0 saturated carbocycles. The first kappa shape index (κ1) is 12.8. The van der Waals surface area contributed by atoms with Crippen LogP contribution in [0, 0.1) is 0 Å². The summed E-state index contributed by atoms with van der Waals surface area (Å²) in [5.41, 5.74) is 0. The van der Waals surface area contributed by atoms with Gasteiger partial charge in [-0.05, 0) is 0 Å². The van der Waals surface area contributed by atoms with Gasteiger partial charge in [-0.2, -0.15) is 0 Å². The van der Waals surface area contributed by atoms with Crippen LogP contribution in [-0.4, -0.2) is 27.8 Å². The molecule has 0 unspecified atom stereocenters.